The van der Waals surface area contributed by atoms with Crippen molar-refractivity contribution in [2.24, 2.45) is 5.92 Å². The predicted octanol–water partition coefficient (Wildman–Crippen LogP) is 4.12. The van der Waals surface area contributed by atoms with Gasteiger partial charge in [0, 0.05) is 17.7 Å². The highest BCUT2D eigenvalue weighted by atomic mass is 16.5. The Labute approximate surface area is 149 Å². The van der Waals surface area contributed by atoms with Crippen LogP contribution >= 0.6 is 0 Å². The van der Waals surface area contributed by atoms with Gasteiger partial charge in [0.15, 0.2) is 11.9 Å². The lowest BCUT2D eigenvalue weighted by atomic mass is 9.86. The standard InChI is InChI=1S/C20H27NO4/c1-14(22)17-9-11-18(12-10-17)21-20(24)15(2)25-19(23)13-8-16-6-4-3-5-7-16/h9-12,15-16H,3-8,13H2,1-2H3,(H,21,24). The minimum Gasteiger partial charge on any atom is -0.453 e. The summed E-state index contributed by atoms with van der Waals surface area (Å²) in [6.07, 6.45) is 6.56. The molecule has 0 saturated heterocycles. The van der Waals surface area contributed by atoms with Gasteiger partial charge in [0.05, 0.1) is 0 Å². The molecule has 1 amide bonds. The highest BCUT2D eigenvalue weighted by molar-refractivity contribution is 5.97. The first kappa shape index (κ1) is 19.2. The van der Waals surface area contributed by atoms with Crippen LogP contribution in [-0.2, 0) is 14.3 Å². The van der Waals surface area contributed by atoms with Gasteiger partial charge < -0.3 is 10.1 Å². The number of ether oxygens (including phenoxy) is 1. The maximum atomic E-state index is 12.1. The summed E-state index contributed by atoms with van der Waals surface area (Å²) in [4.78, 5) is 35.3. The third kappa shape index (κ3) is 6.33. The number of carbonyl (C=O) groups is 3. The lowest BCUT2D eigenvalue weighted by Crippen LogP contribution is -2.30. The normalized spacial score (nSPS) is 16.1. The van der Waals surface area contributed by atoms with Gasteiger partial charge in [-0.05, 0) is 50.5 Å². The zero-order valence-electron chi connectivity index (χ0n) is 15.0. The molecule has 5 nitrogen and oxygen atoms in total. The molecule has 1 unspecified atom stereocenters. The molecule has 25 heavy (non-hydrogen) atoms. The zero-order valence-corrected chi connectivity index (χ0v) is 15.0. The molecule has 1 N–H and O–H groups in total. The van der Waals surface area contributed by atoms with Crippen molar-refractivity contribution < 1.29 is 19.1 Å². The van der Waals surface area contributed by atoms with Gasteiger partial charge >= 0.3 is 5.97 Å². The second-order valence-corrected chi connectivity index (χ2v) is 6.80. The molecule has 0 aromatic heterocycles. The third-order valence-corrected chi connectivity index (χ3v) is 4.72. The van der Waals surface area contributed by atoms with E-state index in [1.165, 1.54) is 39.0 Å². The number of hydrogen-bond donors (Lipinski definition) is 1. The van der Waals surface area contributed by atoms with Crippen molar-refractivity contribution in [1.29, 1.82) is 0 Å². The molecule has 1 aromatic rings. The molecular weight excluding hydrogens is 318 g/mol. The minimum atomic E-state index is -0.841. The molecule has 1 aromatic carbocycles. The average Bonchev–Trinajstić information content (AvgIpc) is 2.61. The summed E-state index contributed by atoms with van der Waals surface area (Å²) in [7, 11) is 0. The SMILES string of the molecule is CC(=O)c1ccc(NC(=O)C(C)OC(=O)CCC2CCCCC2)cc1. The van der Waals surface area contributed by atoms with Crippen molar-refractivity contribution >= 4 is 23.3 Å². The number of benzene rings is 1. The van der Waals surface area contributed by atoms with E-state index in [2.05, 4.69) is 5.32 Å². The van der Waals surface area contributed by atoms with E-state index in [1.807, 2.05) is 0 Å². The molecule has 1 saturated carbocycles. The lowest BCUT2D eigenvalue weighted by molar-refractivity contribution is -0.153. The Morgan fingerprint density at radius 3 is 2.36 bits per heavy atom. The first-order chi connectivity index (χ1) is 12.0. The highest BCUT2D eigenvalue weighted by Crippen LogP contribution is 2.27. The van der Waals surface area contributed by atoms with Crippen molar-refractivity contribution in [1.82, 2.24) is 0 Å². The monoisotopic (exact) mass is 345 g/mol. The second kappa shape index (κ2) is 9.35. The Kier molecular flexibility index (Phi) is 7.16. The van der Waals surface area contributed by atoms with Crippen molar-refractivity contribution in [2.75, 3.05) is 5.32 Å². The van der Waals surface area contributed by atoms with Crippen LogP contribution in [0.1, 0.15) is 69.2 Å². The summed E-state index contributed by atoms with van der Waals surface area (Å²) in [6.45, 7) is 3.06. The molecule has 0 bridgehead atoms. The minimum absolute atomic E-state index is 0.0295. The molecule has 1 aliphatic carbocycles. The van der Waals surface area contributed by atoms with Crippen LogP contribution in [0.2, 0.25) is 0 Å². The Morgan fingerprint density at radius 1 is 1.12 bits per heavy atom. The van der Waals surface area contributed by atoms with Gasteiger partial charge in [-0.3, -0.25) is 14.4 Å². The molecule has 0 spiro atoms. The summed E-state index contributed by atoms with van der Waals surface area (Å²) in [5.74, 6) is -0.106. The van der Waals surface area contributed by atoms with Crippen molar-refractivity contribution in [3.8, 4) is 0 Å². The van der Waals surface area contributed by atoms with Gasteiger partial charge in [-0.1, -0.05) is 32.1 Å². The summed E-state index contributed by atoms with van der Waals surface area (Å²) in [6, 6.07) is 6.62. The van der Waals surface area contributed by atoms with E-state index >= 15 is 0 Å². The Morgan fingerprint density at radius 2 is 1.76 bits per heavy atom. The van der Waals surface area contributed by atoms with Crippen LogP contribution in [-0.4, -0.2) is 23.8 Å². The van der Waals surface area contributed by atoms with E-state index in [0.717, 1.165) is 6.42 Å². The second-order valence-electron chi connectivity index (χ2n) is 6.80. The molecule has 0 aliphatic heterocycles. The fraction of sp³-hybridized carbons (Fsp3) is 0.550. The molecular formula is C20H27NO4. The van der Waals surface area contributed by atoms with Crippen LogP contribution in [0.15, 0.2) is 24.3 Å². The van der Waals surface area contributed by atoms with E-state index in [-0.39, 0.29) is 17.7 Å². The van der Waals surface area contributed by atoms with E-state index in [0.29, 0.717) is 23.6 Å². The number of Topliss-reactive ketones (excluding diaryl/α,β-unsaturated/α-hetero) is 1. The van der Waals surface area contributed by atoms with Gasteiger partial charge in [0.1, 0.15) is 0 Å². The zero-order chi connectivity index (χ0) is 18.2. The van der Waals surface area contributed by atoms with Gasteiger partial charge in [-0.25, -0.2) is 0 Å². The average molecular weight is 345 g/mol. The quantitative estimate of drug-likeness (QED) is 0.596. The Hall–Kier alpha value is -2.17. The van der Waals surface area contributed by atoms with Crippen LogP contribution in [0, 0.1) is 5.92 Å². The van der Waals surface area contributed by atoms with Crippen molar-refractivity contribution in [3.05, 3.63) is 29.8 Å². The fourth-order valence-electron chi connectivity index (χ4n) is 3.14. The van der Waals surface area contributed by atoms with Crippen molar-refractivity contribution in [3.63, 3.8) is 0 Å². The van der Waals surface area contributed by atoms with E-state index in [9.17, 15) is 14.4 Å². The smallest absolute Gasteiger partial charge is 0.306 e. The Balaban J connectivity index is 1.74. The van der Waals surface area contributed by atoms with Crippen LogP contribution in [0.3, 0.4) is 0 Å². The van der Waals surface area contributed by atoms with Gasteiger partial charge in [-0.15, -0.1) is 0 Å². The topological polar surface area (TPSA) is 72.5 Å². The van der Waals surface area contributed by atoms with Gasteiger partial charge in [0.25, 0.3) is 5.91 Å². The van der Waals surface area contributed by atoms with E-state index in [1.54, 1.807) is 31.2 Å². The highest BCUT2D eigenvalue weighted by Gasteiger charge is 2.20. The van der Waals surface area contributed by atoms with Gasteiger partial charge in [-0.2, -0.15) is 0 Å². The largest absolute Gasteiger partial charge is 0.453 e. The fourth-order valence-corrected chi connectivity index (χ4v) is 3.14. The summed E-state index contributed by atoms with van der Waals surface area (Å²) in [5, 5.41) is 2.69. The van der Waals surface area contributed by atoms with Crippen LogP contribution < -0.4 is 5.32 Å². The molecule has 1 aliphatic rings. The van der Waals surface area contributed by atoms with Gasteiger partial charge in [0.2, 0.25) is 0 Å². The third-order valence-electron chi connectivity index (χ3n) is 4.72. The number of hydrogen-bond acceptors (Lipinski definition) is 4. The number of esters is 1. The Bertz CT molecular complexity index is 603. The van der Waals surface area contributed by atoms with Crippen LogP contribution in [0.4, 0.5) is 5.69 Å². The maximum absolute atomic E-state index is 12.1. The number of ketones is 1. The van der Waals surface area contributed by atoms with E-state index < -0.39 is 6.10 Å². The summed E-state index contributed by atoms with van der Waals surface area (Å²) < 4.78 is 5.23. The number of nitrogens with one attached hydrogen (secondary N) is 1. The molecule has 136 valence electrons. The lowest BCUT2D eigenvalue weighted by Gasteiger charge is -2.21. The molecule has 2 rings (SSSR count). The van der Waals surface area contributed by atoms with Crippen molar-refractivity contribution in [2.45, 2.75) is 64.9 Å². The number of carbonyl (C=O) groups excluding carboxylic acids is 3. The van der Waals surface area contributed by atoms with Crippen LogP contribution in [0.25, 0.3) is 0 Å². The molecule has 0 heterocycles. The molecule has 1 atom stereocenters. The first-order valence-corrected chi connectivity index (χ1v) is 9.07. The molecule has 5 heteroatoms. The number of amides is 1. The van der Waals surface area contributed by atoms with Crippen LogP contribution in [0.5, 0.6) is 0 Å². The predicted molar refractivity (Wildman–Crippen MR) is 96.4 cm³/mol. The molecule has 1 fully saturated rings. The molecule has 0 radical (unpaired) electrons. The van der Waals surface area contributed by atoms with E-state index in [4.69, 9.17) is 4.74 Å². The summed E-state index contributed by atoms with van der Waals surface area (Å²) in [5.41, 5.74) is 1.15. The summed E-state index contributed by atoms with van der Waals surface area (Å²) >= 11 is 0. The number of rotatable bonds is 7. The maximum Gasteiger partial charge on any atom is 0.306 e. The number of anilines is 1. The first-order valence-electron chi connectivity index (χ1n) is 9.07.